The monoisotopic (exact) mass is 654 g/mol. The Labute approximate surface area is 279 Å². The number of Topliss-reactive ketones (excluding diaryl/α,β-unsaturated/α-hetero) is 1. The second-order valence-corrected chi connectivity index (χ2v) is 17.1. The van der Waals surface area contributed by atoms with Crippen molar-refractivity contribution in [2.75, 3.05) is 18.0 Å². The van der Waals surface area contributed by atoms with Crippen molar-refractivity contribution in [1.82, 2.24) is 4.90 Å². The maximum absolute atomic E-state index is 14.2. The van der Waals surface area contributed by atoms with E-state index in [0.29, 0.717) is 67.5 Å². The zero-order valence-corrected chi connectivity index (χ0v) is 29.8. The molecule has 0 atom stereocenters. The van der Waals surface area contributed by atoms with Gasteiger partial charge in [-0.25, -0.2) is 9.59 Å². The number of carboxylic acids is 1. The van der Waals surface area contributed by atoms with Gasteiger partial charge < -0.3 is 19.6 Å². The summed E-state index contributed by atoms with van der Waals surface area (Å²) in [6, 6.07) is 1.55. The lowest BCUT2D eigenvalue weighted by atomic mass is 9.79. The summed E-state index contributed by atoms with van der Waals surface area (Å²) in [5.41, 5.74) is 0.160. The molecule has 1 aliphatic heterocycles. The van der Waals surface area contributed by atoms with Gasteiger partial charge in [0.05, 0.1) is 10.6 Å². The molecule has 3 fully saturated rings. The third kappa shape index (κ3) is 9.82. The van der Waals surface area contributed by atoms with Crippen molar-refractivity contribution < 1.29 is 29.0 Å². The minimum Gasteiger partial charge on any atom is -0.477 e. The summed E-state index contributed by atoms with van der Waals surface area (Å²) in [5, 5.41) is 10.2. The van der Waals surface area contributed by atoms with E-state index in [1.54, 1.807) is 15.9 Å². The summed E-state index contributed by atoms with van der Waals surface area (Å²) in [6.07, 6.45) is 7.58. The van der Waals surface area contributed by atoms with Gasteiger partial charge in [0.2, 0.25) is 5.91 Å². The Bertz CT molecular complexity index is 1320. The molecule has 3 aliphatic rings. The van der Waals surface area contributed by atoms with Crippen molar-refractivity contribution in [2.45, 2.75) is 131 Å². The predicted octanol–water partition coefficient (Wildman–Crippen LogP) is 8.17. The van der Waals surface area contributed by atoms with Crippen LogP contribution < -0.4 is 4.90 Å². The van der Waals surface area contributed by atoms with E-state index in [1.807, 2.05) is 20.8 Å². The molecule has 0 spiro atoms. The highest BCUT2D eigenvalue weighted by Crippen LogP contribution is 2.38. The zero-order valence-electron chi connectivity index (χ0n) is 28.9. The number of likely N-dealkylation sites (tertiary alicyclic amines) is 1. The second kappa shape index (κ2) is 14.9. The first-order chi connectivity index (χ1) is 21.5. The second-order valence-electron chi connectivity index (χ2n) is 16.1. The first-order valence-corrected chi connectivity index (χ1v) is 18.0. The fourth-order valence-corrected chi connectivity index (χ4v) is 7.76. The van der Waals surface area contributed by atoms with Crippen molar-refractivity contribution >= 4 is 40.8 Å². The van der Waals surface area contributed by atoms with Crippen LogP contribution >= 0.6 is 11.3 Å². The van der Waals surface area contributed by atoms with E-state index in [2.05, 4.69) is 39.5 Å². The molecule has 46 heavy (non-hydrogen) atoms. The molecule has 2 saturated carbocycles. The van der Waals surface area contributed by atoms with Gasteiger partial charge in [0.25, 0.3) is 0 Å². The van der Waals surface area contributed by atoms with E-state index in [0.717, 1.165) is 49.9 Å². The number of hydrogen-bond acceptors (Lipinski definition) is 6. The molecule has 9 heteroatoms. The van der Waals surface area contributed by atoms with E-state index >= 15 is 0 Å². The van der Waals surface area contributed by atoms with Gasteiger partial charge in [-0.15, -0.1) is 11.3 Å². The fraction of sp³-hybridized carbons (Fsp3) is 0.730. The molecular formula is C37H54N2O6S. The number of carbonyl (C=O) groups excluding carboxylic acids is 3. The summed E-state index contributed by atoms with van der Waals surface area (Å²) >= 11 is 1.12. The van der Waals surface area contributed by atoms with Gasteiger partial charge in [0.15, 0.2) is 0 Å². The number of hydrogen-bond donors (Lipinski definition) is 1. The van der Waals surface area contributed by atoms with Gasteiger partial charge >= 0.3 is 12.1 Å². The highest BCUT2D eigenvalue weighted by Gasteiger charge is 2.39. The van der Waals surface area contributed by atoms with Gasteiger partial charge in [-0.2, -0.15) is 0 Å². The summed E-state index contributed by atoms with van der Waals surface area (Å²) in [4.78, 5) is 56.8. The van der Waals surface area contributed by atoms with Crippen LogP contribution in [-0.4, -0.2) is 59.0 Å². The van der Waals surface area contributed by atoms with Crippen LogP contribution in [0.25, 0.3) is 0 Å². The number of piperidine rings is 1. The molecule has 2 aliphatic carbocycles. The van der Waals surface area contributed by atoms with E-state index in [4.69, 9.17) is 4.74 Å². The number of ether oxygens (including phenoxy) is 1. The van der Waals surface area contributed by atoms with Crippen LogP contribution in [0.2, 0.25) is 0 Å². The van der Waals surface area contributed by atoms with Gasteiger partial charge in [-0.3, -0.25) is 9.59 Å². The van der Waals surface area contributed by atoms with Crippen LogP contribution in [0.4, 0.5) is 10.5 Å². The third-order valence-corrected chi connectivity index (χ3v) is 10.5. The summed E-state index contributed by atoms with van der Waals surface area (Å²) in [7, 11) is 0. The number of carboxylic acid groups (broad SMARTS) is 1. The molecular weight excluding hydrogens is 600 g/mol. The van der Waals surface area contributed by atoms with Crippen LogP contribution in [0.15, 0.2) is 6.07 Å². The number of nitrogens with zero attached hydrogens (tertiary/aromatic N) is 2. The van der Waals surface area contributed by atoms with Crippen LogP contribution in [0.1, 0.15) is 134 Å². The minimum absolute atomic E-state index is 0.0127. The molecule has 2 heterocycles. The van der Waals surface area contributed by atoms with E-state index in [9.17, 15) is 24.3 Å². The normalized spacial score (nSPS) is 24.5. The largest absolute Gasteiger partial charge is 0.477 e. The molecule has 254 valence electrons. The van der Waals surface area contributed by atoms with Crippen LogP contribution in [0, 0.1) is 40.4 Å². The van der Waals surface area contributed by atoms with Gasteiger partial charge in [-0.1, -0.05) is 39.5 Å². The minimum atomic E-state index is -1.06. The quantitative estimate of drug-likeness (QED) is 0.298. The van der Waals surface area contributed by atoms with Crippen molar-refractivity contribution in [3.8, 4) is 11.8 Å². The maximum Gasteiger partial charge on any atom is 0.410 e. The molecule has 8 nitrogen and oxygen atoms in total. The van der Waals surface area contributed by atoms with Gasteiger partial charge in [0, 0.05) is 42.8 Å². The van der Waals surface area contributed by atoms with Gasteiger partial charge in [-0.05, 0) is 102 Å². The average molecular weight is 655 g/mol. The molecule has 0 unspecified atom stereocenters. The molecule has 1 aromatic heterocycles. The standard InChI is InChI=1S/C37H54N2O6S/c1-24-8-10-26(11-9-24)33(41)39(30-22-29(16-19-36(2,3)4)46-32(30)34(42)43)27-17-20-38(21-18-27)35(44)45-28-14-12-25(13-15-28)31(40)23-37(5,6)7/h22,24-28H,8-15,17-18,20-21,23H2,1-7H3,(H,42,43)/t24-,25?,26-,28?. The summed E-state index contributed by atoms with van der Waals surface area (Å²) in [6.45, 7) is 15.3. The predicted molar refractivity (Wildman–Crippen MR) is 182 cm³/mol. The first-order valence-electron chi connectivity index (χ1n) is 17.2. The Morgan fingerprint density at radius 2 is 1.50 bits per heavy atom. The molecule has 1 aromatic rings. The number of thiophene rings is 1. The Morgan fingerprint density at radius 1 is 0.913 bits per heavy atom. The molecule has 0 bridgehead atoms. The lowest BCUT2D eigenvalue weighted by Gasteiger charge is -2.40. The lowest BCUT2D eigenvalue weighted by molar-refractivity contribution is -0.126. The Balaban J connectivity index is 1.44. The molecule has 2 amide bonds. The number of ketones is 1. The van der Waals surface area contributed by atoms with Crippen LogP contribution in [0.3, 0.4) is 0 Å². The Morgan fingerprint density at radius 3 is 2.04 bits per heavy atom. The van der Waals surface area contributed by atoms with Crippen molar-refractivity contribution in [1.29, 1.82) is 0 Å². The molecule has 4 rings (SSSR count). The fourth-order valence-electron chi connectivity index (χ4n) is 6.92. The smallest absolute Gasteiger partial charge is 0.410 e. The van der Waals surface area contributed by atoms with E-state index in [-0.39, 0.29) is 51.7 Å². The van der Waals surface area contributed by atoms with Crippen molar-refractivity contribution in [2.24, 2.45) is 28.6 Å². The van der Waals surface area contributed by atoms with E-state index < -0.39 is 5.97 Å². The topological polar surface area (TPSA) is 104 Å². The summed E-state index contributed by atoms with van der Waals surface area (Å²) in [5.74, 6) is 6.06. The number of carbonyl (C=O) groups is 4. The highest BCUT2D eigenvalue weighted by atomic mass is 32.1. The number of anilines is 1. The van der Waals surface area contributed by atoms with Crippen LogP contribution in [-0.2, 0) is 14.3 Å². The van der Waals surface area contributed by atoms with Crippen LogP contribution in [0.5, 0.6) is 0 Å². The highest BCUT2D eigenvalue weighted by molar-refractivity contribution is 7.15. The van der Waals surface area contributed by atoms with E-state index in [1.165, 1.54) is 0 Å². The maximum atomic E-state index is 14.2. The summed E-state index contributed by atoms with van der Waals surface area (Å²) < 4.78 is 5.90. The molecule has 1 saturated heterocycles. The molecule has 1 N–H and O–H groups in total. The lowest BCUT2D eigenvalue weighted by Crippen LogP contribution is -2.51. The number of aromatic carboxylic acids is 1. The third-order valence-electron chi connectivity index (χ3n) is 9.52. The van der Waals surface area contributed by atoms with Gasteiger partial charge in [0.1, 0.15) is 16.8 Å². The number of amides is 2. The molecule has 0 radical (unpaired) electrons. The van der Waals surface area contributed by atoms with Crippen molar-refractivity contribution in [3.63, 3.8) is 0 Å². The zero-order chi connectivity index (χ0) is 33.8. The Kier molecular flexibility index (Phi) is 11.7. The SMILES string of the molecule is CC(C)(C)C#Cc1cc(N(C(=O)[C@H]2CC[C@H](C)CC2)C2CCN(C(=O)OC3CCC(C(=O)CC(C)(C)C)CC3)CC2)c(C(=O)O)s1. The van der Waals surface area contributed by atoms with Crippen molar-refractivity contribution in [3.05, 3.63) is 15.8 Å². The Hall–Kier alpha value is -2.86. The number of rotatable bonds is 7. The average Bonchev–Trinajstić information content (AvgIpc) is 3.40. The molecule has 0 aromatic carbocycles. The first kappa shape index (κ1) is 36.0.